The molecule has 1 amide bonds. The maximum absolute atomic E-state index is 13.0. The smallest absolute Gasteiger partial charge is 0.243 e. The van der Waals surface area contributed by atoms with E-state index in [1.165, 1.54) is 12.1 Å². The Morgan fingerprint density at radius 1 is 1.07 bits per heavy atom. The van der Waals surface area contributed by atoms with E-state index >= 15 is 0 Å². The van der Waals surface area contributed by atoms with Gasteiger partial charge in [0.05, 0.1) is 21.5 Å². The van der Waals surface area contributed by atoms with Crippen molar-refractivity contribution in [2.24, 2.45) is 5.92 Å². The molecule has 0 aliphatic heterocycles. The number of halogens is 2. The highest BCUT2D eigenvalue weighted by Gasteiger charge is 2.27. The van der Waals surface area contributed by atoms with Gasteiger partial charge >= 0.3 is 0 Å². The first-order valence-electron chi connectivity index (χ1n) is 8.46. The molecule has 0 bridgehead atoms. The van der Waals surface area contributed by atoms with Crippen LogP contribution in [-0.4, -0.2) is 31.7 Å². The summed E-state index contributed by atoms with van der Waals surface area (Å²) in [4.78, 5) is 12.4. The minimum atomic E-state index is -3.86. The molecule has 0 aromatic heterocycles. The Balaban J connectivity index is 2.30. The van der Waals surface area contributed by atoms with E-state index in [2.05, 4.69) is 5.32 Å². The van der Waals surface area contributed by atoms with Crippen LogP contribution in [0.5, 0.6) is 0 Å². The molecule has 0 fully saturated rings. The lowest BCUT2D eigenvalue weighted by Gasteiger charge is -2.22. The molecule has 2 aromatic carbocycles. The predicted molar refractivity (Wildman–Crippen MR) is 108 cm³/mol. The van der Waals surface area contributed by atoms with Crippen LogP contribution in [-0.2, 0) is 21.4 Å². The van der Waals surface area contributed by atoms with E-state index < -0.39 is 10.0 Å². The molecular weight excluding hydrogens is 407 g/mol. The van der Waals surface area contributed by atoms with Crippen LogP contribution in [0.4, 0.5) is 0 Å². The Kier molecular flexibility index (Phi) is 7.68. The summed E-state index contributed by atoms with van der Waals surface area (Å²) in [6, 6.07) is 12.9. The lowest BCUT2D eigenvalue weighted by atomic mass is 10.2. The standard InChI is InChI=1S/C19H22Cl2N2O3S/c1-14(2)11-22-19(24)13-23(12-15-8-9-17(20)18(21)10-15)27(25,26)16-6-4-3-5-7-16/h3-10,14H,11-13H2,1-2H3,(H,22,24). The molecule has 0 spiro atoms. The number of hydrogen-bond donors (Lipinski definition) is 1. The van der Waals surface area contributed by atoms with Crippen molar-refractivity contribution in [3.63, 3.8) is 0 Å². The van der Waals surface area contributed by atoms with Gasteiger partial charge in [0.15, 0.2) is 0 Å². The average molecular weight is 429 g/mol. The molecule has 0 aliphatic carbocycles. The average Bonchev–Trinajstić information content (AvgIpc) is 2.63. The third-order valence-electron chi connectivity index (χ3n) is 3.75. The highest BCUT2D eigenvalue weighted by atomic mass is 35.5. The number of carbonyl (C=O) groups excluding carboxylic acids is 1. The number of carbonyl (C=O) groups is 1. The van der Waals surface area contributed by atoms with Crippen molar-refractivity contribution < 1.29 is 13.2 Å². The summed E-state index contributed by atoms with van der Waals surface area (Å²) in [5.41, 5.74) is 0.639. The number of nitrogens with zero attached hydrogens (tertiary/aromatic N) is 1. The van der Waals surface area contributed by atoms with Gasteiger partial charge in [0.25, 0.3) is 0 Å². The molecule has 0 saturated carbocycles. The molecular formula is C19H22Cl2N2O3S. The van der Waals surface area contributed by atoms with Crippen LogP contribution in [0.2, 0.25) is 10.0 Å². The van der Waals surface area contributed by atoms with E-state index in [4.69, 9.17) is 23.2 Å². The van der Waals surface area contributed by atoms with Gasteiger partial charge < -0.3 is 5.32 Å². The molecule has 2 aromatic rings. The highest BCUT2D eigenvalue weighted by Crippen LogP contribution is 2.25. The summed E-state index contributed by atoms with van der Waals surface area (Å²) in [6.45, 7) is 4.13. The summed E-state index contributed by atoms with van der Waals surface area (Å²) in [6.07, 6.45) is 0. The molecule has 1 N–H and O–H groups in total. The van der Waals surface area contributed by atoms with Gasteiger partial charge in [0.1, 0.15) is 0 Å². The van der Waals surface area contributed by atoms with Gasteiger partial charge in [-0.1, -0.05) is 61.3 Å². The van der Waals surface area contributed by atoms with Gasteiger partial charge in [-0.3, -0.25) is 4.79 Å². The SMILES string of the molecule is CC(C)CNC(=O)CN(Cc1ccc(Cl)c(Cl)c1)S(=O)(=O)c1ccccc1. The molecule has 2 rings (SSSR count). The van der Waals surface area contributed by atoms with Gasteiger partial charge in [-0.2, -0.15) is 4.31 Å². The number of rotatable bonds is 8. The lowest BCUT2D eigenvalue weighted by molar-refractivity contribution is -0.121. The quantitative estimate of drug-likeness (QED) is 0.691. The molecule has 5 nitrogen and oxygen atoms in total. The minimum absolute atomic E-state index is 0.00319. The maximum Gasteiger partial charge on any atom is 0.243 e. The van der Waals surface area contributed by atoms with Crippen molar-refractivity contribution >= 4 is 39.1 Å². The van der Waals surface area contributed by atoms with Crippen LogP contribution in [0.3, 0.4) is 0 Å². The van der Waals surface area contributed by atoms with Crippen molar-refractivity contribution in [2.75, 3.05) is 13.1 Å². The summed E-state index contributed by atoms with van der Waals surface area (Å²) in [7, 11) is -3.86. The molecule has 27 heavy (non-hydrogen) atoms. The zero-order valence-corrected chi connectivity index (χ0v) is 17.5. The van der Waals surface area contributed by atoms with E-state index in [0.29, 0.717) is 22.2 Å². The normalized spacial score (nSPS) is 11.8. The number of sulfonamides is 1. The predicted octanol–water partition coefficient (Wildman–Crippen LogP) is 3.96. The van der Waals surface area contributed by atoms with Crippen molar-refractivity contribution in [1.29, 1.82) is 0 Å². The Hall–Kier alpha value is -1.60. The van der Waals surface area contributed by atoms with Crippen LogP contribution < -0.4 is 5.32 Å². The van der Waals surface area contributed by atoms with E-state index in [9.17, 15) is 13.2 Å². The highest BCUT2D eigenvalue weighted by molar-refractivity contribution is 7.89. The van der Waals surface area contributed by atoms with Crippen LogP contribution >= 0.6 is 23.2 Å². The molecule has 0 unspecified atom stereocenters. The molecule has 0 heterocycles. The zero-order chi connectivity index (χ0) is 20.0. The maximum atomic E-state index is 13.0. The lowest BCUT2D eigenvalue weighted by Crippen LogP contribution is -2.41. The number of nitrogens with one attached hydrogen (secondary N) is 1. The van der Waals surface area contributed by atoms with Crippen molar-refractivity contribution in [2.45, 2.75) is 25.3 Å². The Morgan fingerprint density at radius 3 is 2.33 bits per heavy atom. The third kappa shape index (κ3) is 6.21. The van der Waals surface area contributed by atoms with Gasteiger partial charge in [0.2, 0.25) is 15.9 Å². The number of amides is 1. The molecule has 0 radical (unpaired) electrons. The Morgan fingerprint density at radius 2 is 1.74 bits per heavy atom. The topological polar surface area (TPSA) is 66.5 Å². The van der Waals surface area contributed by atoms with E-state index in [-0.39, 0.29) is 29.8 Å². The first kappa shape index (κ1) is 21.7. The van der Waals surface area contributed by atoms with Crippen LogP contribution in [0.1, 0.15) is 19.4 Å². The fraction of sp³-hybridized carbons (Fsp3) is 0.316. The Labute approximate surface area is 170 Å². The molecule has 146 valence electrons. The number of benzene rings is 2. The van der Waals surface area contributed by atoms with Gasteiger partial charge in [-0.25, -0.2) is 8.42 Å². The summed E-state index contributed by atoms with van der Waals surface area (Å²) >= 11 is 12.0. The molecule has 8 heteroatoms. The van der Waals surface area contributed by atoms with Crippen LogP contribution in [0, 0.1) is 5.92 Å². The summed E-state index contributed by atoms with van der Waals surface area (Å²) < 4.78 is 27.2. The Bertz CT molecular complexity index is 887. The zero-order valence-electron chi connectivity index (χ0n) is 15.2. The van der Waals surface area contributed by atoms with Crippen molar-refractivity contribution in [1.82, 2.24) is 9.62 Å². The first-order valence-corrected chi connectivity index (χ1v) is 10.7. The molecule has 0 saturated heterocycles. The second-order valence-corrected chi connectivity index (χ2v) is 9.28. The fourth-order valence-electron chi connectivity index (χ4n) is 2.34. The summed E-state index contributed by atoms with van der Waals surface area (Å²) in [5, 5.41) is 3.46. The van der Waals surface area contributed by atoms with Crippen LogP contribution in [0.25, 0.3) is 0 Å². The fourth-order valence-corrected chi connectivity index (χ4v) is 4.07. The monoisotopic (exact) mass is 428 g/mol. The van der Waals surface area contributed by atoms with Crippen LogP contribution in [0.15, 0.2) is 53.4 Å². The van der Waals surface area contributed by atoms with E-state index in [1.54, 1.807) is 36.4 Å². The number of hydrogen-bond acceptors (Lipinski definition) is 3. The van der Waals surface area contributed by atoms with E-state index in [0.717, 1.165) is 4.31 Å². The second kappa shape index (κ2) is 9.55. The van der Waals surface area contributed by atoms with Gasteiger partial charge in [0, 0.05) is 13.1 Å². The minimum Gasteiger partial charge on any atom is -0.355 e. The molecule has 0 atom stereocenters. The van der Waals surface area contributed by atoms with E-state index in [1.807, 2.05) is 13.8 Å². The summed E-state index contributed by atoms with van der Waals surface area (Å²) in [5.74, 6) is -0.0912. The first-order chi connectivity index (χ1) is 12.7. The van der Waals surface area contributed by atoms with Gasteiger partial charge in [-0.15, -0.1) is 0 Å². The molecule has 0 aliphatic rings. The second-order valence-electron chi connectivity index (χ2n) is 6.53. The van der Waals surface area contributed by atoms with Crippen molar-refractivity contribution in [3.8, 4) is 0 Å². The third-order valence-corrected chi connectivity index (χ3v) is 6.30. The van der Waals surface area contributed by atoms with Gasteiger partial charge in [-0.05, 0) is 35.7 Å². The van der Waals surface area contributed by atoms with Crippen molar-refractivity contribution in [3.05, 3.63) is 64.1 Å². The largest absolute Gasteiger partial charge is 0.355 e.